The zero-order chi connectivity index (χ0) is 17.4. The molecule has 0 bridgehead atoms. The summed E-state index contributed by atoms with van der Waals surface area (Å²) in [5.41, 5.74) is 5.07. The number of hydrogen-bond acceptors (Lipinski definition) is 4. The van der Waals surface area contributed by atoms with Gasteiger partial charge in [-0.1, -0.05) is 18.2 Å². The second kappa shape index (κ2) is 5.94. The number of amides is 1. The topological polar surface area (TPSA) is 92.1 Å². The Morgan fingerprint density at radius 2 is 2.00 bits per heavy atom. The molecule has 0 radical (unpaired) electrons. The second-order valence-electron chi connectivity index (χ2n) is 5.88. The highest BCUT2D eigenvalue weighted by Gasteiger charge is 2.23. The van der Waals surface area contributed by atoms with Crippen LogP contribution in [0.3, 0.4) is 0 Å². The molecule has 4 rings (SSSR count). The maximum atomic E-state index is 10.8. The van der Waals surface area contributed by atoms with Gasteiger partial charge >= 0.3 is 6.09 Å². The summed E-state index contributed by atoms with van der Waals surface area (Å²) in [7, 11) is 0. The fourth-order valence-electron chi connectivity index (χ4n) is 3.07. The number of imidazole rings is 1. The quantitative estimate of drug-likeness (QED) is 0.682. The van der Waals surface area contributed by atoms with Crippen molar-refractivity contribution < 1.29 is 9.90 Å². The first kappa shape index (κ1) is 15.2. The van der Waals surface area contributed by atoms with E-state index in [-0.39, 0.29) is 0 Å². The largest absolute Gasteiger partial charge is 0.465 e. The highest BCUT2D eigenvalue weighted by Crippen LogP contribution is 2.35. The molecule has 1 aliphatic heterocycles. The van der Waals surface area contributed by atoms with Gasteiger partial charge in [-0.2, -0.15) is 0 Å². The summed E-state index contributed by atoms with van der Waals surface area (Å²) in [5.74, 6) is 0.834. The lowest BCUT2D eigenvalue weighted by molar-refractivity contribution is 0.210. The molecule has 0 atom stereocenters. The number of pyridine rings is 1. The molecule has 0 saturated carbocycles. The van der Waals surface area contributed by atoms with Crippen molar-refractivity contribution in [3.05, 3.63) is 48.2 Å². The number of aryl methyl sites for hydroxylation is 1. The first-order valence-corrected chi connectivity index (χ1v) is 8.00. The molecular weight excluding hydrogens is 318 g/mol. The summed E-state index contributed by atoms with van der Waals surface area (Å²) in [6, 6.07) is 13.2. The lowest BCUT2D eigenvalue weighted by atomic mass is 10.1. The van der Waals surface area contributed by atoms with E-state index in [0.29, 0.717) is 5.69 Å². The Morgan fingerprint density at radius 1 is 1.20 bits per heavy atom. The molecule has 1 aromatic carbocycles. The number of rotatable bonds is 3. The predicted molar refractivity (Wildman–Crippen MR) is 95.8 cm³/mol. The van der Waals surface area contributed by atoms with Crippen LogP contribution in [0.5, 0.6) is 0 Å². The molecule has 7 nitrogen and oxygen atoms in total. The second-order valence-corrected chi connectivity index (χ2v) is 5.88. The Morgan fingerprint density at radius 3 is 2.72 bits per heavy atom. The van der Waals surface area contributed by atoms with Crippen molar-refractivity contribution in [1.29, 1.82) is 0 Å². The van der Waals surface area contributed by atoms with Gasteiger partial charge in [-0.15, -0.1) is 0 Å². The molecular formula is C18H17N5O2. The van der Waals surface area contributed by atoms with Crippen LogP contribution >= 0.6 is 0 Å². The highest BCUT2D eigenvalue weighted by molar-refractivity contribution is 5.85. The number of anilines is 2. The van der Waals surface area contributed by atoms with E-state index in [0.717, 1.165) is 47.4 Å². The first-order chi connectivity index (χ1) is 12.1. The van der Waals surface area contributed by atoms with Crippen molar-refractivity contribution in [2.45, 2.75) is 13.5 Å². The van der Waals surface area contributed by atoms with Crippen LogP contribution in [0.15, 0.2) is 42.5 Å². The number of benzene rings is 1. The van der Waals surface area contributed by atoms with Gasteiger partial charge in [0.2, 0.25) is 5.95 Å². The maximum Gasteiger partial charge on any atom is 0.409 e. The third kappa shape index (κ3) is 2.80. The lowest BCUT2D eigenvalue weighted by Crippen LogP contribution is -2.06. The van der Waals surface area contributed by atoms with Crippen LogP contribution in [0.4, 0.5) is 16.4 Å². The Balaban J connectivity index is 1.82. The average molecular weight is 335 g/mol. The third-order valence-corrected chi connectivity index (χ3v) is 4.13. The van der Waals surface area contributed by atoms with Crippen LogP contribution in [0.2, 0.25) is 0 Å². The van der Waals surface area contributed by atoms with Crippen molar-refractivity contribution >= 4 is 17.7 Å². The molecule has 0 saturated heterocycles. The van der Waals surface area contributed by atoms with Gasteiger partial charge in [0.05, 0.1) is 11.4 Å². The molecule has 0 aliphatic carbocycles. The van der Waals surface area contributed by atoms with E-state index in [2.05, 4.69) is 20.2 Å². The van der Waals surface area contributed by atoms with Crippen molar-refractivity contribution in [2.24, 2.45) is 0 Å². The van der Waals surface area contributed by atoms with E-state index in [1.165, 1.54) is 0 Å². The number of aromatic nitrogens is 3. The number of carboxylic acid groups (broad SMARTS) is 1. The normalized spacial score (nSPS) is 12.5. The number of fused-ring (bicyclic) bond motifs is 1. The molecule has 3 N–H and O–H groups in total. The molecule has 3 heterocycles. The van der Waals surface area contributed by atoms with Crippen LogP contribution in [0.1, 0.15) is 5.69 Å². The van der Waals surface area contributed by atoms with E-state index in [1.54, 1.807) is 12.1 Å². The number of nitrogens with one attached hydrogen (secondary N) is 2. The van der Waals surface area contributed by atoms with Crippen LogP contribution < -0.4 is 10.6 Å². The summed E-state index contributed by atoms with van der Waals surface area (Å²) >= 11 is 0. The standard InChI is InChI=1S/C18H17N5O2/c1-11-3-2-4-14(20-11)15-16(23-10-9-19-17(23)22-15)12-5-7-13(8-6-12)21-18(24)25/h2-8,21H,9-10H2,1H3,(H,19,22)(H,24,25). The highest BCUT2D eigenvalue weighted by atomic mass is 16.4. The van der Waals surface area contributed by atoms with E-state index in [9.17, 15) is 4.79 Å². The molecule has 7 heteroatoms. The van der Waals surface area contributed by atoms with Gasteiger partial charge in [0.1, 0.15) is 5.69 Å². The Bertz CT molecular complexity index is 947. The minimum absolute atomic E-state index is 0.533. The fourth-order valence-corrected chi connectivity index (χ4v) is 3.07. The Hall–Kier alpha value is -3.35. The first-order valence-electron chi connectivity index (χ1n) is 8.00. The third-order valence-electron chi connectivity index (χ3n) is 4.13. The van der Waals surface area contributed by atoms with Crippen LogP contribution in [0, 0.1) is 6.92 Å². The zero-order valence-electron chi connectivity index (χ0n) is 13.7. The summed E-state index contributed by atoms with van der Waals surface area (Å²) in [4.78, 5) is 20.1. The molecule has 0 spiro atoms. The van der Waals surface area contributed by atoms with Gasteiger partial charge in [0, 0.05) is 30.0 Å². The van der Waals surface area contributed by atoms with E-state index in [1.807, 2.05) is 37.3 Å². The molecule has 25 heavy (non-hydrogen) atoms. The summed E-state index contributed by atoms with van der Waals surface area (Å²) < 4.78 is 2.14. The van der Waals surface area contributed by atoms with Gasteiger partial charge < -0.3 is 15.0 Å². The Labute approximate surface area is 144 Å². The van der Waals surface area contributed by atoms with E-state index < -0.39 is 6.09 Å². The molecule has 0 unspecified atom stereocenters. The van der Waals surface area contributed by atoms with Gasteiger partial charge in [0.25, 0.3) is 0 Å². The molecule has 1 aliphatic rings. The minimum Gasteiger partial charge on any atom is -0.465 e. The molecule has 1 amide bonds. The van der Waals surface area contributed by atoms with Crippen molar-refractivity contribution in [2.75, 3.05) is 17.2 Å². The predicted octanol–water partition coefficient (Wildman–Crippen LogP) is 3.44. The summed E-state index contributed by atoms with van der Waals surface area (Å²) in [6.07, 6.45) is -1.08. The molecule has 0 fully saturated rings. The van der Waals surface area contributed by atoms with E-state index >= 15 is 0 Å². The molecule has 3 aromatic rings. The van der Waals surface area contributed by atoms with E-state index in [4.69, 9.17) is 10.1 Å². The Kier molecular flexibility index (Phi) is 3.61. The summed E-state index contributed by atoms with van der Waals surface area (Å²) in [5, 5.41) is 14.5. The SMILES string of the molecule is Cc1cccc(-c2nc3n(c2-c2ccc(NC(=O)O)cc2)CCN3)n1. The smallest absolute Gasteiger partial charge is 0.409 e. The monoisotopic (exact) mass is 335 g/mol. The number of hydrogen-bond donors (Lipinski definition) is 3. The van der Waals surface area contributed by atoms with Crippen molar-refractivity contribution in [1.82, 2.24) is 14.5 Å². The lowest BCUT2D eigenvalue weighted by Gasteiger charge is -2.09. The number of carbonyl (C=O) groups is 1. The van der Waals surface area contributed by atoms with Crippen LogP contribution in [0.25, 0.3) is 22.6 Å². The van der Waals surface area contributed by atoms with Gasteiger partial charge in [-0.05, 0) is 31.2 Å². The zero-order valence-corrected chi connectivity index (χ0v) is 13.7. The van der Waals surface area contributed by atoms with Crippen molar-refractivity contribution in [3.8, 4) is 22.6 Å². The average Bonchev–Trinajstić information content (AvgIpc) is 3.16. The molecule has 2 aromatic heterocycles. The van der Waals surface area contributed by atoms with Crippen LogP contribution in [-0.4, -0.2) is 32.3 Å². The fraction of sp³-hybridized carbons (Fsp3) is 0.167. The van der Waals surface area contributed by atoms with Gasteiger partial charge in [0.15, 0.2) is 0 Å². The molecule has 126 valence electrons. The van der Waals surface area contributed by atoms with Gasteiger partial charge in [-0.25, -0.2) is 9.78 Å². The summed E-state index contributed by atoms with van der Waals surface area (Å²) in [6.45, 7) is 3.63. The van der Waals surface area contributed by atoms with Crippen LogP contribution in [-0.2, 0) is 6.54 Å². The van der Waals surface area contributed by atoms with Crippen molar-refractivity contribution in [3.63, 3.8) is 0 Å². The van der Waals surface area contributed by atoms with Gasteiger partial charge in [-0.3, -0.25) is 10.3 Å². The maximum absolute atomic E-state index is 10.8. The number of nitrogens with zero attached hydrogens (tertiary/aromatic N) is 3. The minimum atomic E-state index is -1.08.